The molecule has 0 saturated heterocycles. The number of sulfonamides is 1. The Morgan fingerprint density at radius 3 is 2.12 bits per heavy atom. The highest BCUT2D eigenvalue weighted by Crippen LogP contribution is 2.19. The average molecular weight is 387 g/mol. The van der Waals surface area contributed by atoms with Crippen LogP contribution in [0.2, 0.25) is 0 Å². The van der Waals surface area contributed by atoms with Crippen LogP contribution in [0.1, 0.15) is 18.9 Å². The van der Waals surface area contributed by atoms with Gasteiger partial charge in [0.1, 0.15) is 0 Å². The zero-order chi connectivity index (χ0) is 18.1. The molecular weight excluding hydrogens is 362 g/mol. The minimum absolute atomic E-state index is 0. The van der Waals surface area contributed by atoms with E-state index in [9.17, 15) is 8.42 Å². The highest BCUT2D eigenvalue weighted by atomic mass is 32.3. The Hall–Kier alpha value is -1.44. The number of hydrogen-bond donors (Lipinski definition) is 5. The van der Waals surface area contributed by atoms with Gasteiger partial charge in [-0.2, -0.15) is 8.42 Å². The van der Waals surface area contributed by atoms with Crippen molar-refractivity contribution in [3.8, 4) is 0 Å². The third kappa shape index (κ3) is 15.5. The highest BCUT2D eigenvalue weighted by Gasteiger charge is 2.01. The quantitative estimate of drug-likeness (QED) is 0.239. The van der Waals surface area contributed by atoms with Gasteiger partial charge in [-0.15, -0.1) is 0 Å². The molecule has 0 aliphatic carbocycles. The first-order valence-corrected chi connectivity index (χ1v) is 9.98. The Balaban J connectivity index is 0. The van der Waals surface area contributed by atoms with Crippen LogP contribution in [0, 0.1) is 0 Å². The van der Waals surface area contributed by atoms with Gasteiger partial charge in [-0.1, -0.05) is 13.3 Å². The molecule has 0 atom stereocenters. The van der Waals surface area contributed by atoms with Crippen LogP contribution in [0.4, 0.5) is 11.4 Å². The van der Waals surface area contributed by atoms with E-state index in [4.69, 9.17) is 23.3 Å². The Morgan fingerprint density at radius 2 is 1.67 bits per heavy atom. The first-order valence-electron chi connectivity index (χ1n) is 6.69. The highest BCUT2D eigenvalue weighted by molar-refractivity contribution is 7.88. The predicted octanol–water partition coefficient (Wildman–Crippen LogP) is -0.295. The topological polar surface area (TPSA) is 190 Å². The second-order valence-electron chi connectivity index (χ2n) is 4.70. The summed E-state index contributed by atoms with van der Waals surface area (Å²) in [4.78, 5) is 0. The van der Waals surface area contributed by atoms with Crippen molar-refractivity contribution in [2.45, 2.75) is 19.8 Å². The Bertz CT molecular complexity index is 683. The molecule has 0 saturated carbocycles. The summed E-state index contributed by atoms with van der Waals surface area (Å²) < 4.78 is 55.8. The van der Waals surface area contributed by atoms with Crippen molar-refractivity contribution in [1.29, 1.82) is 0 Å². The van der Waals surface area contributed by atoms with Crippen LogP contribution >= 0.6 is 0 Å². The van der Waals surface area contributed by atoms with Gasteiger partial charge in [0, 0.05) is 24.5 Å². The van der Waals surface area contributed by atoms with Gasteiger partial charge in [0.05, 0.1) is 6.26 Å². The summed E-state index contributed by atoms with van der Waals surface area (Å²) in [5.74, 6) is 0. The van der Waals surface area contributed by atoms with Gasteiger partial charge in [-0.3, -0.25) is 9.11 Å². The molecule has 1 aromatic rings. The van der Waals surface area contributed by atoms with Gasteiger partial charge in [0.2, 0.25) is 10.0 Å². The largest absolute Gasteiger partial charge is 0.412 e. The fraction of sp³-hybridized carbons (Fsp3) is 0.500. The number of nitrogen functional groups attached to an aromatic ring is 1. The molecule has 142 valence electrons. The second-order valence-corrected chi connectivity index (χ2v) is 7.43. The lowest BCUT2D eigenvalue weighted by molar-refractivity contribution is 0.381. The van der Waals surface area contributed by atoms with Gasteiger partial charge in [0.25, 0.3) is 0 Å². The first-order chi connectivity index (χ1) is 10.4. The van der Waals surface area contributed by atoms with Gasteiger partial charge < -0.3 is 16.5 Å². The van der Waals surface area contributed by atoms with Crippen molar-refractivity contribution in [3.05, 3.63) is 23.8 Å². The Kier molecular flexibility index (Phi) is 11.5. The molecule has 0 aromatic heterocycles. The van der Waals surface area contributed by atoms with E-state index in [2.05, 4.69) is 17.0 Å². The number of nitrogens with one attached hydrogen (secondary N) is 2. The molecule has 0 bridgehead atoms. The molecule has 0 fully saturated rings. The number of benzene rings is 1. The number of rotatable bonds is 7. The minimum Gasteiger partial charge on any atom is -0.412 e. The van der Waals surface area contributed by atoms with E-state index in [-0.39, 0.29) is 5.48 Å². The van der Waals surface area contributed by atoms with E-state index < -0.39 is 20.4 Å². The molecule has 0 amide bonds. The van der Waals surface area contributed by atoms with Crippen LogP contribution in [-0.2, 0) is 26.8 Å². The maximum Gasteiger partial charge on any atom is 0.394 e. The van der Waals surface area contributed by atoms with Crippen molar-refractivity contribution in [2.24, 2.45) is 0 Å². The molecule has 12 heteroatoms. The lowest BCUT2D eigenvalue weighted by Crippen LogP contribution is -2.27. The standard InChI is InChI=1S/C12H21N3O2S.H2O4S.H2O/c1-3-4-10-9-11(5-6-12(10)13)14-7-8-15-18(2,16)17;1-5(2,3)4;/h5-6,9,14-15H,3-4,7-8,13H2,1-2H3;(H2,1,2,3,4);1H2. The molecule has 24 heavy (non-hydrogen) atoms. The summed E-state index contributed by atoms with van der Waals surface area (Å²) >= 11 is 0. The zero-order valence-electron chi connectivity index (χ0n) is 13.5. The summed E-state index contributed by atoms with van der Waals surface area (Å²) in [6.07, 6.45) is 3.14. The van der Waals surface area contributed by atoms with Crippen LogP contribution in [0.5, 0.6) is 0 Å². The molecule has 0 radical (unpaired) electrons. The molecule has 0 aliphatic rings. The first kappa shape index (κ1) is 24.8. The summed E-state index contributed by atoms with van der Waals surface area (Å²) in [6, 6.07) is 5.78. The number of nitrogens with two attached hydrogens (primary N) is 1. The maximum absolute atomic E-state index is 10.9. The molecule has 0 heterocycles. The number of anilines is 2. The molecule has 1 aromatic carbocycles. The normalized spacial score (nSPS) is 11.0. The second kappa shape index (κ2) is 11.2. The molecule has 0 spiro atoms. The van der Waals surface area contributed by atoms with Crippen LogP contribution in [0.3, 0.4) is 0 Å². The van der Waals surface area contributed by atoms with Gasteiger partial charge in [-0.25, -0.2) is 13.1 Å². The van der Waals surface area contributed by atoms with Crippen LogP contribution in [-0.4, -0.2) is 50.8 Å². The number of aryl methyl sites for hydroxylation is 1. The third-order valence-electron chi connectivity index (χ3n) is 2.48. The van der Waals surface area contributed by atoms with E-state index in [1.54, 1.807) is 0 Å². The summed E-state index contributed by atoms with van der Waals surface area (Å²) in [5.41, 5.74) is 8.76. The van der Waals surface area contributed by atoms with Crippen LogP contribution in [0.15, 0.2) is 18.2 Å². The van der Waals surface area contributed by atoms with Crippen molar-refractivity contribution in [2.75, 3.05) is 30.4 Å². The Labute approximate surface area is 142 Å². The lowest BCUT2D eigenvalue weighted by atomic mass is 10.1. The minimum atomic E-state index is -4.67. The summed E-state index contributed by atoms with van der Waals surface area (Å²) in [7, 11) is -7.78. The van der Waals surface area contributed by atoms with E-state index in [1.807, 2.05) is 18.2 Å². The molecule has 0 unspecified atom stereocenters. The van der Waals surface area contributed by atoms with Crippen molar-refractivity contribution < 1.29 is 31.4 Å². The lowest BCUT2D eigenvalue weighted by Gasteiger charge is -2.10. The van der Waals surface area contributed by atoms with Crippen molar-refractivity contribution in [1.82, 2.24) is 4.72 Å². The van der Waals surface area contributed by atoms with Crippen molar-refractivity contribution >= 4 is 31.8 Å². The maximum atomic E-state index is 10.9. The third-order valence-corrected chi connectivity index (χ3v) is 3.21. The predicted molar refractivity (Wildman–Crippen MR) is 94.0 cm³/mol. The Morgan fingerprint density at radius 1 is 1.12 bits per heavy atom. The van der Waals surface area contributed by atoms with Crippen LogP contribution < -0.4 is 15.8 Å². The van der Waals surface area contributed by atoms with Gasteiger partial charge in [0.15, 0.2) is 0 Å². The van der Waals surface area contributed by atoms with E-state index in [0.717, 1.165) is 36.0 Å². The fourth-order valence-electron chi connectivity index (χ4n) is 1.64. The average Bonchev–Trinajstić information content (AvgIpc) is 2.35. The summed E-state index contributed by atoms with van der Waals surface area (Å²) in [6.45, 7) is 3.02. The number of hydrogen-bond acceptors (Lipinski definition) is 6. The van der Waals surface area contributed by atoms with E-state index >= 15 is 0 Å². The van der Waals surface area contributed by atoms with E-state index in [0.29, 0.717) is 13.1 Å². The van der Waals surface area contributed by atoms with E-state index in [1.165, 1.54) is 0 Å². The zero-order valence-corrected chi connectivity index (χ0v) is 15.1. The van der Waals surface area contributed by atoms with Gasteiger partial charge >= 0.3 is 10.4 Å². The van der Waals surface area contributed by atoms with Crippen molar-refractivity contribution in [3.63, 3.8) is 0 Å². The smallest absolute Gasteiger partial charge is 0.394 e. The molecule has 8 N–H and O–H groups in total. The summed E-state index contributed by atoms with van der Waals surface area (Å²) in [5, 5.41) is 3.16. The fourth-order valence-corrected chi connectivity index (χ4v) is 2.12. The van der Waals surface area contributed by atoms with Gasteiger partial charge in [-0.05, 0) is 30.2 Å². The monoisotopic (exact) mass is 387 g/mol. The molecule has 10 nitrogen and oxygen atoms in total. The molecule has 0 aliphatic heterocycles. The molecule has 1 rings (SSSR count). The van der Waals surface area contributed by atoms with Crippen LogP contribution in [0.25, 0.3) is 0 Å². The SMILES string of the molecule is CCCc1cc(NCCNS(C)(=O)=O)ccc1N.O.O=S(=O)(O)O. The molecular formula is C12H25N3O7S2.